The zero-order valence-corrected chi connectivity index (χ0v) is 12.2. The molecule has 1 saturated heterocycles. The molecule has 114 valence electrons. The summed E-state index contributed by atoms with van der Waals surface area (Å²) in [6, 6.07) is 1.02. The van der Waals surface area contributed by atoms with Gasteiger partial charge in [0.05, 0.1) is 23.3 Å². The van der Waals surface area contributed by atoms with Gasteiger partial charge in [0, 0.05) is 12.6 Å². The zero-order chi connectivity index (χ0) is 15.6. The van der Waals surface area contributed by atoms with Crippen LogP contribution in [-0.2, 0) is 9.53 Å². The van der Waals surface area contributed by atoms with E-state index in [4.69, 9.17) is 9.84 Å². The molecule has 1 atom stereocenters. The van der Waals surface area contributed by atoms with E-state index in [-0.39, 0.29) is 29.9 Å². The fourth-order valence-electron chi connectivity index (χ4n) is 1.80. The molecule has 1 aromatic carbocycles. The number of morpholine rings is 1. The molecule has 1 aromatic rings. The van der Waals surface area contributed by atoms with Crippen LogP contribution in [0.5, 0.6) is 0 Å². The molecule has 0 aromatic heterocycles. The van der Waals surface area contributed by atoms with Gasteiger partial charge in [0.2, 0.25) is 0 Å². The van der Waals surface area contributed by atoms with Gasteiger partial charge in [-0.1, -0.05) is 0 Å². The molecule has 2 amide bonds. The molecule has 1 fully saturated rings. The van der Waals surface area contributed by atoms with Crippen LogP contribution < -0.4 is 5.32 Å². The Hall–Kier alpha value is -1.74. The number of anilines is 1. The van der Waals surface area contributed by atoms with Gasteiger partial charge in [0.15, 0.2) is 6.10 Å². The highest BCUT2D eigenvalue weighted by Crippen LogP contribution is 2.23. The third-order valence-corrected chi connectivity index (χ3v) is 3.49. The number of carbonyl (C=O) groups excluding carboxylic acids is 1. The molecule has 0 spiro atoms. The van der Waals surface area contributed by atoms with Crippen LogP contribution in [0.1, 0.15) is 0 Å². The Labute approximate surface area is 126 Å². The van der Waals surface area contributed by atoms with Crippen LogP contribution >= 0.6 is 15.9 Å². The number of amides is 2. The predicted molar refractivity (Wildman–Crippen MR) is 72.0 cm³/mol. The van der Waals surface area contributed by atoms with Crippen molar-refractivity contribution in [3.63, 3.8) is 0 Å². The minimum Gasteiger partial charge on any atom is -0.479 e. The lowest BCUT2D eigenvalue weighted by molar-refractivity contribution is -0.154. The molecule has 2 N–H and O–H groups in total. The number of benzene rings is 1. The normalized spacial score (nSPS) is 18.4. The average molecular weight is 365 g/mol. The fourth-order valence-corrected chi connectivity index (χ4v) is 2.11. The van der Waals surface area contributed by atoms with Crippen LogP contribution in [0.3, 0.4) is 0 Å². The van der Waals surface area contributed by atoms with Gasteiger partial charge in [-0.05, 0) is 22.0 Å². The third-order valence-electron chi connectivity index (χ3n) is 2.88. The zero-order valence-electron chi connectivity index (χ0n) is 10.6. The van der Waals surface area contributed by atoms with Crippen molar-refractivity contribution in [1.29, 1.82) is 0 Å². The number of nitrogens with zero attached hydrogens (tertiary/aromatic N) is 1. The molecule has 1 aliphatic heterocycles. The highest BCUT2D eigenvalue weighted by molar-refractivity contribution is 9.10. The molecular formula is C12H11BrF2N2O4. The number of aliphatic carboxylic acids is 1. The van der Waals surface area contributed by atoms with Crippen LogP contribution in [0.25, 0.3) is 0 Å². The minimum absolute atomic E-state index is 0.0571. The second kappa shape index (κ2) is 6.35. The second-order valence-electron chi connectivity index (χ2n) is 4.32. The number of carboxylic acid groups (broad SMARTS) is 1. The number of rotatable bonds is 2. The summed E-state index contributed by atoms with van der Waals surface area (Å²) in [6.45, 7) is 0.0552. The average Bonchev–Trinajstić information content (AvgIpc) is 2.44. The minimum atomic E-state index is -1.19. The van der Waals surface area contributed by atoms with Gasteiger partial charge in [-0.25, -0.2) is 18.4 Å². The van der Waals surface area contributed by atoms with Gasteiger partial charge in [-0.15, -0.1) is 0 Å². The van der Waals surface area contributed by atoms with Gasteiger partial charge < -0.3 is 20.1 Å². The Morgan fingerprint density at radius 3 is 2.76 bits per heavy atom. The van der Waals surface area contributed by atoms with Crippen LogP contribution in [0, 0.1) is 11.6 Å². The van der Waals surface area contributed by atoms with Crippen molar-refractivity contribution in [2.45, 2.75) is 6.10 Å². The molecule has 9 heteroatoms. The molecule has 0 radical (unpaired) electrons. The Morgan fingerprint density at radius 2 is 2.10 bits per heavy atom. The SMILES string of the molecule is O=C(O)C1CN(C(=O)Nc2cc(F)c(Br)cc2F)CCO1. The first-order valence-corrected chi connectivity index (χ1v) is 6.72. The lowest BCUT2D eigenvalue weighted by Crippen LogP contribution is -2.50. The summed E-state index contributed by atoms with van der Waals surface area (Å²) in [7, 11) is 0. The maximum absolute atomic E-state index is 13.6. The smallest absolute Gasteiger partial charge is 0.334 e. The van der Waals surface area contributed by atoms with E-state index in [9.17, 15) is 18.4 Å². The molecular weight excluding hydrogens is 354 g/mol. The molecule has 1 aliphatic rings. The van der Waals surface area contributed by atoms with Crippen LogP contribution in [0.15, 0.2) is 16.6 Å². The van der Waals surface area contributed by atoms with Crippen LogP contribution in [-0.4, -0.2) is 47.8 Å². The van der Waals surface area contributed by atoms with Crippen molar-refractivity contribution in [3.05, 3.63) is 28.2 Å². The van der Waals surface area contributed by atoms with Crippen molar-refractivity contribution in [2.75, 3.05) is 25.0 Å². The van der Waals surface area contributed by atoms with E-state index in [1.54, 1.807) is 0 Å². The van der Waals surface area contributed by atoms with Crippen molar-refractivity contribution in [1.82, 2.24) is 4.90 Å². The third kappa shape index (κ3) is 3.67. The Kier molecular flexibility index (Phi) is 4.73. The van der Waals surface area contributed by atoms with E-state index in [1.165, 1.54) is 4.90 Å². The fraction of sp³-hybridized carbons (Fsp3) is 0.333. The van der Waals surface area contributed by atoms with Gasteiger partial charge >= 0.3 is 12.0 Å². The standard InChI is InChI=1S/C12H11BrF2N2O4/c13-6-3-8(15)9(4-7(6)14)16-12(20)17-1-2-21-10(5-17)11(18)19/h3-4,10H,1-2,5H2,(H,16,20)(H,18,19). The summed E-state index contributed by atoms with van der Waals surface area (Å²) >= 11 is 2.83. The highest BCUT2D eigenvalue weighted by Gasteiger charge is 2.29. The Bertz CT molecular complexity index is 585. The highest BCUT2D eigenvalue weighted by atomic mass is 79.9. The molecule has 2 rings (SSSR count). The summed E-state index contributed by atoms with van der Waals surface area (Å²) < 4.78 is 31.9. The first-order chi connectivity index (χ1) is 9.88. The molecule has 0 saturated carbocycles. The number of halogens is 3. The molecule has 0 bridgehead atoms. The van der Waals surface area contributed by atoms with Gasteiger partial charge in [-0.3, -0.25) is 0 Å². The van der Waals surface area contributed by atoms with Crippen molar-refractivity contribution in [3.8, 4) is 0 Å². The second-order valence-corrected chi connectivity index (χ2v) is 5.17. The summed E-state index contributed by atoms with van der Waals surface area (Å²) in [5, 5.41) is 11.1. The number of carboxylic acids is 1. The topological polar surface area (TPSA) is 78.9 Å². The van der Waals surface area contributed by atoms with Gasteiger partial charge in [-0.2, -0.15) is 0 Å². The number of urea groups is 1. The number of ether oxygens (including phenoxy) is 1. The number of hydrogen-bond donors (Lipinski definition) is 2. The quantitative estimate of drug-likeness (QED) is 0.787. The van der Waals surface area contributed by atoms with E-state index in [0.29, 0.717) is 0 Å². The number of hydrogen-bond acceptors (Lipinski definition) is 3. The molecule has 21 heavy (non-hydrogen) atoms. The molecule has 1 heterocycles. The van der Waals surface area contributed by atoms with Crippen molar-refractivity contribution in [2.24, 2.45) is 0 Å². The van der Waals surface area contributed by atoms with E-state index in [1.807, 2.05) is 0 Å². The van der Waals surface area contributed by atoms with Crippen molar-refractivity contribution < 1.29 is 28.2 Å². The van der Waals surface area contributed by atoms with Crippen molar-refractivity contribution >= 4 is 33.6 Å². The molecule has 1 unspecified atom stereocenters. The largest absolute Gasteiger partial charge is 0.479 e. The lowest BCUT2D eigenvalue weighted by Gasteiger charge is -2.30. The van der Waals surface area contributed by atoms with E-state index in [2.05, 4.69) is 21.2 Å². The van der Waals surface area contributed by atoms with Gasteiger partial charge in [0.25, 0.3) is 0 Å². The summed E-state index contributed by atoms with van der Waals surface area (Å²) in [5.74, 6) is -2.72. The van der Waals surface area contributed by atoms with Crippen LogP contribution in [0.4, 0.5) is 19.3 Å². The monoisotopic (exact) mass is 364 g/mol. The molecule has 0 aliphatic carbocycles. The van der Waals surface area contributed by atoms with E-state index in [0.717, 1.165) is 12.1 Å². The first-order valence-electron chi connectivity index (χ1n) is 5.93. The maximum atomic E-state index is 13.6. The lowest BCUT2D eigenvalue weighted by atomic mass is 10.2. The van der Waals surface area contributed by atoms with Crippen LogP contribution in [0.2, 0.25) is 0 Å². The van der Waals surface area contributed by atoms with E-state index >= 15 is 0 Å². The number of nitrogens with one attached hydrogen (secondary N) is 1. The molecule has 6 nitrogen and oxygen atoms in total. The summed E-state index contributed by atoms with van der Waals surface area (Å²) in [6.07, 6.45) is -1.13. The number of carbonyl (C=O) groups is 2. The Morgan fingerprint density at radius 1 is 1.38 bits per heavy atom. The summed E-state index contributed by atoms with van der Waals surface area (Å²) in [4.78, 5) is 23.9. The summed E-state index contributed by atoms with van der Waals surface area (Å²) in [5.41, 5.74) is -0.320. The van der Waals surface area contributed by atoms with E-state index < -0.39 is 29.7 Å². The maximum Gasteiger partial charge on any atom is 0.334 e. The van der Waals surface area contributed by atoms with Gasteiger partial charge in [0.1, 0.15) is 11.6 Å². The first kappa shape index (κ1) is 15.6. The predicted octanol–water partition coefficient (Wildman–Crippen LogP) is 2.04. The Balaban J connectivity index is 2.07.